The fourth-order valence-electron chi connectivity index (χ4n) is 5.46. The SMILES string of the molecule is CC(=O)c1ccc(C(C)N2CCN3CCC(COCCCN4CCOCC4)CC3C2)cc1. The number of rotatable bonds is 9. The summed E-state index contributed by atoms with van der Waals surface area (Å²) >= 11 is 0. The minimum absolute atomic E-state index is 0.134. The standard InChI is InChI=1S/C26H41N3O3/c1-21(24-4-6-25(7-5-24)22(2)30)29-12-11-28-10-8-23(18-26(28)19-29)20-32-15-3-9-27-13-16-31-17-14-27/h4-7,21,23,26H,3,8-20H2,1-2H3. The number of ether oxygens (including phenoxy) is 2. The van der Waals surface area contributed by atoms with Crippen LogP contribution in [0.4, 0.5) is 0 Å². The summed E-state index contributed by atoms with van der Waals surface area (Å²) < 4.78 is 11.5. The van der Waals surface area contributed by atoms with E-state index in [1.807, 2.05) is 12.1 Å². The lowest BCUT2D eigenvalue weighted by molar-refractivity contribution is -0.00935. The number of carbonyl (C=O) groups excluding carboxylic acids is 1. The molecular weight excluding hydrogens is 402 g/mol. The van der Waals surface area contributed by atoms with Crippen LogP contribution in [-0.2, 0) is 9.47 Å². The zero-order valence-electron chi connectivity index (χ0n) is 20.0. The summed E-state index contributed by atoms with van der Waals surface area (Å²) in [7, 11) is 0. The number of piperidine rings is 1. The van der Waals surface area contributed by atoms with E-state index in [1.165, 1.54) is 24.9 Å². The van der Waals surface area contributed by atoms with Gasteiger partial charge in [0.2, 0.25) is 0 Å². The van der Waals surface area contributed by atoms with Crippen molar-refractivity contribution >= 4 is 5.78 Å². The minimum Gasteiger partial charge on any atom is -0.381 e. The minimum atomic E-state index is 0.134. The van der Waals surface area contributed by atoms with E-state index >= 15 is 0 Å². The Morgan fingerprint density at radius 3 is 2.66 bits per heavy atom. The molecule has 0 amide bonds. The maximum atomic E-state index is 11.6. The first-order chi connectivity index (χ1) is 15.6. The quantitative estimate of drug-likeness (QED) is 0.432. The average molecular weight is 444 g/mol. The van der Waals surface area contributed by atoms with Crippen molar-refractivity contribution in [2.75, 3.05) is 72.2 Å². The Bertz CT molecular complexity index is 720. The van der Waals surface area contributed by atoms with Crippen molar-refractivity contribution in [3.63, 3.8) is 0 Å². The molecule has 0 bridgehead atoms. The fourth-order valence-corrected chi connectivity index (χ4v) is 5.46. The van der Waals surface area contributed by atoms with Gasteiger partial charge in [0.25, 0.3) is 0 Å². The summed E-state index contributed by atoms with van der Waals surface area (Å²) in [4.78, 5) is 19.4. The molecule has 3 saturated heterocycles. The number of piperazine rings is 1. The molecule has 6 heteroatoms. The van der Waals surface area contributed by atoms with E-state index < -0.39 is 0 Å². The Kier molecular flexibility index (Phi) is 8.72. The second kappa shape index (κ2) is 11.7. The molecule has 3 fully saturated rings. The molecule has 0 N–H and O–H groups in total. The van der Waals surface area contributed by atoms with Crippen molar-refractivity contribution in [2.45, 2.75) is 45.2 Å². The number of benzene rings is 1. The molecule has 3 atom stereocenters. The third-order valence-electron chi connectivity index (χ3n) is 7.63. The van der Waals surface area contributed by atoms with Crippen LogP contribution in [0.5, 0.6) is 0 Å². The van der Waals surface area contributed by atoms with E-state index in [-0.39, 0.29) is 5.78 Å². The molecule has 3 unspecified atom stereocenters. The zero-order chi connectivity index (χ0) is 22.3. The Balaban J connectivity index is 1.19. The second-order valence-electron chi connectivity index (χ2n) is 9.81. The monoisotopic (exact) mass is 443 g/mol. The summed E-state index contributed by atoms with van der Waals surface area (Å²) in [6.45, 7) is 15.4. The summed E-state index contributed by atoms with van der Waals surface area (Å²) in [6, 6.07) is 9.22. The molecular formula is C26H41N3O3. The van der Waals surface area contributed by atoms with Crippen LogP contribution in [0.2, 0.25) is 0 Å². The number of hydrogen-bond acceptors (Lipinski definition) is 6. The maximum absolute atomic E-state index is 11.6. The molecule has 0 aliphatic carbocycles. The molecule has 1 aromatic carbocycles. The fraction of sp³-hybridized carbons (Fsp3) is 0.731. The van der Waals surface area contributed by atoms with Crippen LogP contribution < -0.4 is 0 Å². The highest BCUT2D eigenvalue weighted by Gasteiger charge is 2.34. The first kappa shape index (κ1) is 23.8. The highest BCUT2D eigenvalue weighted by molar-refractivity contribution is 5.94. The number of morpholine rings is 1. The van der Waals surface area contributed by atoms with Gasteiger partial charge in [-0.2, -0.15) is 0 Å². The predicted octanol–water partition coefficient (Wildman–Crippen LogP) is 3.09. The zero-order valence-corrected chi connectivity index (χ0v) is 20.0. The van der Waals surface area contributed by atoms with Crippen LogP contribution in [0, 0.1) is 5.92 Å². The van der Waals surface area contributed by atoms with E-state index in [0.717, 1.165) is 77.7 Å². The van der Waals surface area contributed by atoms with Crippen molar-refractivity contribution in [3.8, 4) is 0 Å². The normalized spacial score (nSPS) is 26.6. The smallest absolute Gasteiger partial charge is 0.159 e. The van der Waals surface area contributed by atoms with Gasteiger partial charge in [0, 0.05) is 70.1 Å². The van der Waals surface area contributed by atoms with Crippen LogP contribution in [0.15, 0.2) is 24.3 Å². The van der Waals surface area contributed by atoms with Crippen molar-refractivity contribution in [1.29, 1.82) is 0 Å². The van der Waals surface area contributed by atoms with Gasteiger partial charge in [-0.15, -0.1) is 0 Å². The maximum Gasteiger partial charge on any atom is 0.159 e. The van der Waals surface area contributed by atoms with E-state index in [0.29, 0.717) is 18.0 Å². The van der Waals surface area contributed by atoms with Crippen LogP contribution in [0.3, 0.4) is 0 Å². The molecule has 0 spiro atoms. The summed E-state index contributed by atoms with van der Waals surface area (Å²) in [5.74, 6) is 0.819. The molecule has 6 nitrogen and oxygen atoms in total. The number of nitrogens with zero attached hydrogens (tertiary/aromatic N) is 3. The van der Waals surface area contributed by atoms with Crippen molar-refractivity contribution < 1.29 is 14.3 Å². The molecule has 3 heterocycles. The van der Waals surface area contributed by atoms with Gasteiger partial charge in [0.15, 0.2) is 5.78 Å². The molecule has 0 radical (unpaired) electrons. The molecule has 1 aromatic rings. The van der Waals surface area contributed by atoms with Gasteiger partial charge in [-0.3, -0.25) is 19.5 Å². The Morgan fingerprint density at radius 2 is 1.91 bits per heavy atom. The molecule has 178 valence electrons. The van der Waals surface area contributed by atoms with Crippen molar-refractivity contribution in [1.82, 2.24) is 14.7 Å². The molecule has 3 aliphatic rings. The number of fused-ring (bicyclic) bond motifs is 1. The number of Topliss-reactive ketones (excluding diaryl/α,β-unsaturated/α-hetero) is 1. The lowest BCUT2D eigenvalue weighted by atomic mass is 9.89. The van der Waals surface area contributed by atoms with Crippen molar-refractivity contribution in [3.05, 3.63) is 35.4 Å². The second-order valence-corrected chi connectivity index (χ2v) is 9.81. The number of carbonyl (C=O) groups is 1. The predicted molar refractivity (Wildman–Crippen MR) is 127 cm³/mol. The highest BCUT2D eigenvalue weighted by Crippen LogP contribution is 2.30. The lowest BCUT2D eigenvalue weighted by Gasteiger charge is -2.47. The van der Waals surface area contributed by atoms with Crippen LogP contribution >= 0.6 is 0 Å². The van der Waals surface area contributed by atoms with Crippen LogP contribution in [0.1, 0.15) is 55.1 Å². The molecule has 32 heavy (non-hydrogen) atoms. The largest absolute Gasteiger partial charge is 0.381 e. The molecule has 3 aliphatic heterocycles. The molecule has 0 aromatic heterocycles. The first-order valence-electron chi connectivity index (χ1n) is 12.6. The van der Waals surface area contributed by atoms with Gasteiger partial charge in [-0.25, -0.2) is 0 Å². The van der Waals surface area contributed by atoms with Gasteiger partial charge in [-0.1, -0.05) is 24.3 Å². The van der Waals surface area contributed by atoms with E-state index in [9.17, 15) is 4.79 Å². The summed E-state index contributed by atoms with van der Waals surface area (Å²) in [5, 5.41) is 0. The van der Waals surface area contributed by atoms with Crippen molar-refractivity contribution in [2.24, 2.45) is 5.92 Å². The Morgan fingerprint density at radius 1 is 1.12 bits per heavy atom. The van der Waals surface area contributed by atoms with Gasteiger partial charge in [0.1, 0.15) is 0 Å². The van der Waals surface area contributed by atoms with Gasteiger partial charge in [-0.05, 0) is 51.1 Å². The topological polar surface area (TPSA) is 45.2 Å². The third kappa shape index (κ3) is 6.39. The lowest BCUT2D eigenvalue weighted by Crippen LogP contribution is -2.56. The Hall–Kier alpha value is -1.31. The number of ketones is 1. The van der Waals surface area contributed by atoms with Gasteiger partial charge >= 0.3 is 0 Å². The van der Waals surface area contributed by atoms with E-state index in [2.05, 4.69) is 33.8 Å². The van der Waals surface area contributed by atoms with Crippen LogP contribution in [0.25, 0.3) is 0 Å². The molecule has 0 saturated carbocycles. The van der Waals surface area contributed by atoms with Gasteiger partial charge in [0.05, 0.1) is 13.2 Å². The average Bonchev–Trinajstić information content (AvgIpc) is 2.83. The first-order valence-corrected chi connectivity index (χ1v) is 12.6. The third-order valence-corrected chi connectivity index (χ3v) is 7.63. The summed E-state index contributed by atoms with van der Waals surface area (Å²) in [6.07, 6.45) is 3.63. The molecule has 4 rings (SSSR count). The summed E-state index contributed by atoms with van der Waals surface area (Å²) in [5.41, 5.74) is 2.10. The van der Waals surface area contributed by atoms with E-state index in [4.69, 9.17) is 9.47 Å². The van der Waals surface area contributed by atoms with Gasteiger partial charge < -0.3 is 9.47 Å². The highest BCUT2D eigenvalue weighted by atomic mass is 16.5. The number of hydrogen-bond donors (Lipinski definition) is 0. The van der Waals surface area contributed by atoms with Crippen LogP contribution in [-0.4, -0.2) is 98.8 Å². The van der Waals surface area contributed by atoms with E-state index in [1.54, 1.807) is 6.92 Å². The Labute approximate surface area is 193 Å².